The Bertz CT molecular complexity index is 941. The lowest BCUT2D eigenvalue weighted by atomic mass is 10.1. The molecular formula is C20H24ClN3O3S. The minimum absolute atomic E-state index is 0.135. The maximum absolute atomic E-state index is 12.5. The van der Waals surface area contributed by atoms with Gasteiger partial charge in [-0.2, -0.15) is 4.31 Å². The average Bonchev–Trinajstić information content (AvgIpc) is 2.70. The number of anilines is 1. The van der Waals surface area contributed by atoms with Gasteiger partial charge in [-0.05, 0) is 36.8 Å². The lowest BCUT2D eigenvalue weighted by molar-refractivity contribution is 0.102. The zero-order valence-corrected chi connectivity index (χ0v) is 17.3. The molecule has 0 saturated carbocycles. The molecule has 0 bridgehead atoms. The first-order valence-corrected chi connectivity index (χ1v) is 11.2. The second-order valence-electron chi connectivity index (χ2n) is 6.71. The van der Waals surface area contributed by atoms with Crippen LogP contribution in [0, 0.1) is 0 Å². The monoisotopic (exact) mass is 421 g/mol. The van der Waals surface area contributed by atoms with Crippen molar-refractivity contribution in [1.82, 2.24) is 9.21 Å². The van der Waals surface area contributed by atoms with E-state index in [1.165, 1.54) is 0 Å². The van der Waals surface area contributed by atoms with E-state index in [-0.39, 0.29) is 11.7 Å². The number of piperazine rings is 1. The van der Waals surface area contributed by atoms with E-state index in [4.69, 9.17) is 11.6 Å². The fraction of sp³-hybridized carbons (Fsp3) is 0.350. The number of halogens is 1. The van der Waals surface area contributed by atoms with Gasteiger partial charge in [0.25, 0.3) is 5.91 Å². The van der Waals surface area contributed by atoms with E-state index >= 15 is 0 Å². The van der Waals surface area contributed by atoms with E-state index < -0.39 is 10.0 Å². The first-order valence-electron chi connectivity index (χ1n) is 9.24. The van der Waals surface area contributed by atoms with Crippen LogP contribution in [0.4, 0.5) is 5.69 Å². The molecule has 2 aromatic carbocycles. The molecule has 1 aliphatic rings. The number of amides is 1. The van der Waals surface area contributed by atoms with Crippen molar-refractivity contribution in [2.24, 2.45) is 0 Å². The lowest BCUT2D eigenvalue weighted by Crippen LogP contribution is -2.48. The Kier molecular flexibility index (Phi) is 6.72. The molecule has 8 heteroatoms. The second-order valence-corrected chi connectivity index (χ2v) is 9.37. The first-order chi connectivity index (χ1) is 13.4. The molecule has 0 radical (unpaired) electrons. The highest BCUT2D eigenvalue weighted by Crippen LogP contribution is 2.21. The summed E-state index contributed by atoms with van der Waals surface area (Å²) in [5.74, 6) is -0.0796. The van der Waals surface area contributed by atoms with Crippen molar-refractivity contribution in [3.05, 3.63) is 64.7 Å². The van der Waals surface area contributed by atoms with Crippen molar-refractivity contribution >= 4 is 33.2 Å². The predicted molar refractivity (Wildman–Crippen MR) is 112 cm³/mol. The molecule has 6 nitrogen and oxygen atoms in total. The summed E-state index contributed by atoms with van der Waals surface area (Å²) in [7, 11) is -3.13. The van der Waals surface area contributed by atoms with E-state index in [0.29, 0.717) is 49.0 Å². The topological polar surface area (TPSA) is 69.7 Å². The van der Waals surface area contributed by atoms with Gasteiger partial charge in [-0.25, -0.2) is 8.42 Å². The van der Waals surface area contributed by atoms with Gasteiger partial charge in [-0.3, -0.25) is 9.69 Å². The van der Waals surface area contributed by atoms with Crippen LogP contribution in [-0.4, -0.2) is 55.5 Å². The molecule has 1 fully saturated rings. The minimum atomic E-state index is -3.13. The van der Waals surface area contributed by atoms with Crippen LogP contribution in [-0.2, 0) is 16.6 Å². The quantitative estimate of drug-likeness (QED) is 0.778. The lowest BCUT2D eigenvalue weighted by Gasteiger charge is -2.33. The molecule has 2 aromatic rings. The van der Waals surface area contributed by atoms with Crippen LogP contribution in [0.5, 0.6) is 0 Å². The van der Waals surface area contributed by atoms with Crippen molar-refractivity contribution in [1.29, 1.82) is 0 Å². The van der Waals surface area contributed by atoms with Crippen molar-refractivity contribution in [2.45, 2.75) is 13.5 Å². The van der Waals surface area contributed by atoms with E-state index in [1.807, 2.05) is 30.3 Å². The molecule has 0 aliphatic carbocycles. The van der Waals surface area contributed by atoms with Gasteiger partial charge in [0.15, 0.2) is 0 Å². The molecule has 28 heavy (non-hydrogen) atoms. The van der Waals surface area contributed by atoms with Gasteiger partial charge in [-0.15, -0.1) is 0 Å². The van der Waals surface area contributed by atoms with Crippen molar-refractivity contribution in [3.63, 3.8) is 0 Å². The van der Waals surface area contributed by atoms with Crippen LogP contribution in [0.2, 0.25) is 5.02 Å². The molecular weight excluding hydrogens is 398 g/mol. The van der Waals surface area contributed by atoms with Gasteiger partial charge in [0.2, 0.25) is 10.0 Å². The number of nitrogens with one attached hydrogen (secondary N) is 1. The van der Waals surface area contributed by atoms with Gasteiger partial charge in [-0.1, -0.05) is 35.9 Å². The fourth-order valence-electron chi connectivity index (χ4n) is 3.17. The molecule has 0 unspecified atom stereocenters. The maximum Gasteiger partial charge on any atom is 0.255 e. The maximum atomic E-state index is 12.5. The summed E-state index contributed by atoms with van der Waals surface area (Å²) in [5, 5.41) is 3.32. The Hall–Kier alpha value is -1.93. The van der Waals surface area contributed by atoms with Crippen LogP contribution in [0.15, 0.2) is 48.5 Å². The van der Waals surface area contributed by atoms with Gasteiger partial charge >= 0.3 is 0 Å². The molecule has 1 aliphatic heterocycles. The van der Waals surface area contributed by atoms with Gasteiger partial charge in [0.1, 0.15) is 0 Å². The summed E-state index contributed by atoms with van der Waals surface area (Å²) < 4.78 is 25.5. The Balaban J connectivity index is 1.61. The highest BCUT2D eigenvalue weighted by Gasteiger charge is 2.25. The Morgan fingerprint density at radius 3 is 2.46 bits per heavy atom. The van der Waals surface area contributed by atoms with Gasteiger partial charge in [0.05, 0.1) is 16.5 Å². The number of sulfonamides is 1. The molecule has 1 N–H and O–H groups in total. The first kappa shape index (κ1) is 20.8. The van der Waals surface area contributed by atoms with Gasteiger partial charge in [0, 0.05) is 38.3 Å². The van der Waals surface area contributed by atoms with Crippen LogP contribution < -0.4 is 5.32 Å². The molecule has 1 heterocycles. The van der Waals surface area contributed by atoms with Crippen LogP contribution in [0.1, 0.15) is 22.8 Å². The molecule has 3 rings (SSSR count). The van der Waals surface area contributed by atoms with E-state index in [9.17, 15) is 13.2 Å². The second kappa shape index (κ2) is 9.05. The number of carbonyl (C=O) groups is 1. The molecule has 1 saturated heterocycles. The number of carbonyl (C=O) groups excluding carboxylic acids is 1. The van der Waals surface area contributed by atoms with E-state index in [2.05, 4.69) is 10.2 Å². The SMILES string of the molecule is CCS(=O)(=O)N1CCN(Cc2cccc(C(=O)Nc3ccccc3Cl)c2)CC1. The highest BCUT2D eigenvalue weighted by atomic mass is 35.5. The van der Waals surface area contributed by atoms with Crippen LogP contribution in [0.3, 0.4) is 0 Å². The van der Waals surface area contributed by atoms with Gasteiger partial charge < -0.3 is 5.32 Å². The molecule has 0 spiro atoms. The molecule has 150 valence electrons. The smallest absolute Gasteiger partial charge is 0.255 e. The number of hydrogen-bond donors (Lipinski definition) is 1. The zero-order valence-electron chi connectivity index (χ0n) is 15.8. The van der Waals surface area contributed by atoms with Crippen molar-refractivity contribution < 1.29 is 13.2 Å². The summed E-state index contributed by atoms with van der Waals surface area (Å²) in [4.78, 5) is 14.7. The number of benzene rings is 2. The zero-order chi connectivity index (χ0) is 20.1. The summed E-state index contributed by atoms with van der Waals surface area (Å²) in [6.45, 7) is 4.70. The third kappa shape index (κ3) is 5.11. The van der Waals surface area contributed by atoms with E-state index in [0.717, 1.165) is 5.56 Å². The number of rotatable bonds is 6. The fourth-order valence-corrected chi connectivity index (χ4v) is 4.44. The normalized spacial score (nSPS) is 16.1. The Morgan fingerprint density at radius 1 is 1.07 bits per heavy atom. The number of para-hydroxylation sites is 1. The predicted octanol–water partition coefficient (Wildman–Crippen LogP) is 3.06. The number of hydrogen-bond acceptors (Lipinski definition) is 4. The van der Waals surface area contributed by atoms with E-state index in [1.54, 1.807) is 29.4 Å². The molecule has 0 atom stereocenters. The third-order valence-corrected chi connectivity index (χ3v) is 7.02. The summed E-state index contributed by atoms with van der Waals surface area (Å²) >= 11 is 6.10. The third-order valence-electron chi connectivity index (χ3n) is 4.81. The molecule has 0 aromatic heterocycles. The summed E-state index contributed by atoms with van der Waals surface area (Å²) in [5.41, 5.74) is 2.15. The van der Waals surface area contributed by atoms with Crippen molar-refractivity contribution in [3.8, 4) is 0 Å². The largest absolute Gasteiger partial charge is 0.321 e. The van der Waals surface area contributed by atoms with Crippen LogP contribution in [0.25, 0.3) is 0 Å². The minimum Gasteiger partial charge on any atom is -0.321 e. The summed E-state index contributed by atoms with van der Waals surface area (Å²) in [6, 6.07) is 14.6. The molecule has 1 amide bonds. The highest BCUT2D eigenvalue weighted by molar-refractivity contribution is 7.89. The summed E-state index contributed by atoms with van der Waals surface area (Å²) in [6.07, 6.45) is 0. The van der Waals surface area contributed by atoms with Crippen LogP contribution >= 0.6 is 11.6 Å². The number of nitrogens with zero attached hydrogens (tertiary/aromatic N) is 2. The van der Waals surface area contributed by atoms with Crippen molar-refractivity contribution in [2.75, 3.05) is 37.2 Å². The average molecular weight is 422 g/mol. The Labute approximate surface area is 171 Å². The standard InChI is InChI=1S/C20H24ClN3O3S/c1-2-28(26,27)24-12-10-23(11-13-24)15-16-6-5-7-17(14-16)20(25)22-19-9-4-3-8-18(19)21/h3-9,14H,2,10-13,15H2,1H3,(H,22,25). The Morgan fingerprint density at radius 2 is 1.79 bits per heavy atom.